The summed E-state index contributed by atoms with van der Waals surface area (Å²) in [5.41, 5.74) is 3.86. The standard InChI is InChI=1S/C28H31NO5/c1-16(2)34-28(31)25-17(3)29-22-13-19(18-9-7-6-8-10-18)14-23(30)27(22)26(25)21-12-11-20(32-4)15-24(21)33-5/h6-12,15-16,19,25-26H,13-14H2,1-5H3/t19-,25?,26+/m0/s1. The summed E-state index contributed by atoms with van der Waals surface area (Å²) in [5, 5.41) is 0. The van der Waals surface area contributed by atoms with Crippen LogP contribution in [0.5, 0.6) is 11.5 Å². The van der Waals surface area contributed by atoms with Crippen LogP contribution in [0.3, 0.4) is 0 Å². The lowest BCUT2D eigenvalue weighted by molar-refractivity contribution is -0.150. The van der Waals surface area contributed by atoms with Crippen molar-refractivity contribution in [2.24, 2.45) is 10.9 Å². The highest BCUT2D eigenvalue weighted by atomic mass is 16.5. The highest BCUT2D eigenvalue weighted by Gasteiger charge is 2.46. The minimum atomic E-state index is -0.708. The van der Waals surface area contributed by atoms with Crippen LogP contribution in [-0.4, -0.2) is 37.8 Å². The van der Waals surface area contributed by atoms with E-state index in [0.717, 1.165) is 16.8 Å². The number of nitrogens with zero attached hydrogens (tertiary/aromatic N) is 1. The summed E-state index contributed by atoms with van der Waals surface area (Å²) in [7, 11) is 3.16. The predicted molar refractivity (Wildman–Crippen MR) is 131 cm³/mol. The molecule has 0 saturated carbocycles. The van der Waals surface area contributed by atoms with E-state index in [2.05, 4.69) is 12.1 Å². The summed E-state index contributed by atoms with van der Waals surface area (Å²) >= 11 is 0. The number of esters is 1. The fourth-order valence-electron chi connectivity index (χ4n) is 5.04. The molecule has 0 saturated heterocycles. The number of methoxy groups -OCH3 is 2. The van der Waals surface area contributed by atoms with Gasteiger partial charge in [0.15, 0.2) is 5.78 Å². The van der Waals surface area contributed by atoms with Crippen molar-refractivity contribution >= 4 is 17.5 Å². The Labute approximate surface area is 200 Å². The maximum absolute atomic E-state index is 13.7. The van der Waals surface area contributed by atoms with Gasteiger partial charge in [0.2, 0.25) is 0 Å². The number of aliphatic imine (C=N–C) groups is 1. The van der Waals surface area contributed by atoms with Crippen LogP contribution in [0.1, 0.15) is 56.6 Å². The molecule has 0 N–H and O–H groups in total. The molecule has 0 radical (unpaired) electrons. The smallest absolute Gasteiger partial charge is 0.315 e. The molecule has 6 nitrogen and oxygen atoms in total. The van der Waals surface area contributed by atoms with Gasteiger partial charge in [-0.05, 0) is 44.7 Å². The second-order valence-electron chi connectivity index (χ2n) is 9.10. The molecular formula is C28H31NO5. The third kappa shape index (κ3) is 4.49. The molecule has 0 spiro atoms. The van der Waals surface area contributed by atoms with Crippen molar-refractivity contribution in [3.8, 4) is 11.5 Å². The topological polar surface area (TPSA) is 74.2 Å². The van der Waals surface area contributed by atoms with E-state index in [1.165, 1.54) is 0 Å². The van der Waals surface area contributed by atoms with Crippen molar-refractivity contribution in [2.75, 3.05) is 14.2 Å². The fraction of sp³-hybridized carbons (Fsp3) is 0.393. The molecule has 2 aromatic rings. The Morgan fingerprint density at radius 1 is 1.03 bits per heavy atom. The van der Waals surface area contributed by atoms with Crippen molar-refractivity contribution < 1.29 is 23.8 Å². The molecular weight excluding hydrogens is 430 g/mol. The van der Waals surface area contributed by atoms with Gasteiger partial charge in [0.25, 0.3) is 0 Å². The number of hydrogen-bond acceptors (Lipinski definition) is 6. The average Bonchev–Trinajstić information content (AvgIpc) is 2.82. The van der Waals surface area contributed by atoms with E-state index in [1.54, 1.807) is 20.3 Å². The van der Waals surface area contributed by atoms with Gasteiger partial charge in [-0.25, -0.2) is 0 Å². The number of carbonyl (C=O) groups excluding carboxylic acids is 2. The van der Waals surface area contributed by atoms with Crippen molar-refractivity contribution in [3.63, 3.8) is 0 Å². The van der Waals surface area contributed by atoms with Crippen molar-refractivity contribution in [3.05, 3.63) is 70.9 Å². The molecule has 1 aliphatic heterocycles. The lowest BCUT2D eigenvalue weighted by atomic mass is 9.69. The Bertz CT molecular complexity index is 1150. The molecule has 0 bridgehead atoms. The first kappa shape index (κ1) is 23.7. The number of hydrogen-bond donors (Lipinski definition) is 0. The summed E-state index contributed by atoms with van der Waals surface area (Å²) in [5.74, 6) is -0.367. The summed E-state index contributed by atoms with van der Waals surface area (Å²) in [6.45, 7) is 5.48. The van der Waals surface area contributed by atoms with Gasteiger partial charge in [0, 0.05) is 41.0 Å². The highest BCUT2D eigenvalue weighted by Crippen LogP contribution is 2.49. The molecule has 4 rings (SSSR count). The number of allylic oxidation sites excluding steroid dienone is 2. The molecule has 2 aliphatic rings. The molecule has 1 aliphatic carbocycles. The van der Waals surface area contributed by atoms with E-state index >= 15 is 0 Å². The van der Waals surface area contributed by atoms with E-state index in [9.17, 15) is 9.59 Å². The summed E-state index contributed by atoms with van der Waals surface area (Å²) < 4.78 is 16.7. The first-order valence-corrected chi connectivity index (χ1v) is 11.6. The van der Waals surface area contributed by atoms with E-state index in [-0.39, 0.29) is 23.8 Å². The molecule has 2 aromatic carbocycles. The van der Waals surface area contributed by atoms with Crippen LogP contribution in [0.4, 0.5) is 0 Å². The molecule has 0 amide bonds. The van der Waals surface area contributed by atoms with Gasteiger partial charge in [-0.15, -0.1) is 0 Å². The Morgan fingerprint density at radius 3 is 2.41 bits per heavy atom. The summed E-state index contributed by atoms with van der Waals surface area (Å²) in [4.78, 5) is 31.8. The first-order valence-electron chi connectivity index (χ1n) is 11.6. The van der Waals surface area contributed by atoms with E-state index in [0.29, 0.717) is 35.6 Å². The van der Waals surface area contributed by atoms with Crippen LogP contribution in [-0.2, 0) is 14.3 Å². The highest BCUT2D eigenvalue weighted by molar-refractivity contribution is 6.09. The summed E-state index contributed by atoms with van der Waals surface area (Å²) in [6, 6.07) is 15.5. The third-order valence-electron chi connectivity index (χ3n) is 6.54. The lowest BCUT2D eigenvalue weighted by Crippen LogP contribution is -2.39. The maximum Gasteiger partial charge on any atom is 0.315 e. The second kappa shape index (κ2) is 9.84. The first-order chi connectivity index (χ1) is 16.3. The van der Waals surface area contributed by atoms with E-state index in [1.807, 2.05) is 51.1 Å². The molecule has 1 heterocycles. The summed E-state index contributed by atoms with van der Waals surface area (Å²) in [6.07, 6.45) is 0.736. The Balaban J connectivity index is 1.85. The van der Waals surface area contributed by atoms with Gasteiger partial charge in [-0.1, -0.05) is 36.4 Å². The molecule has 3 atom stereocenters. The number of rotatable bonds is 6. The zero-order valence-electron chi connectivity index (χ0n) is 20.3. The van der Waals surface area contributed by atoms with Crippen molar-refractivity contribution in [1.29, 1.82) is 0 Å². The van der Waals surface area contributed by atoms with Gasteiger partial charge in [-0.2, -0.15) is 0 Å². The zero-order valence-corrected chi connectivity index (χ0v) is 20.3. The number of ketones is 1. The maximum atomic E-state index is 13.7. The monoisotopic (exact) mass is 461 g/mol. The molecule has 178 valence electrons. The van der Waals surface area contributed by atoms with Crippen molar-refractivity contribution in [1.82, 2.24) is 0 Å². The van der Waals surface area contributed by atoms with Crippen LogP contribution in [0.25, 0.3) is 0 Å². The van der Waals surface area contributed by atoms with E-state index in [4.69, 9.17) is 19.2 Å². The normalized spacial score (nSPS) is 22.2. The van der Waals surface area contributed by atoms with Crippen LogP contribution in [0, 0.1) is 5.92 Å². The molecule has 0 aromatic heterocycles. The third-order valence-corrected chi connectivity index (χ3v) is 6.54. The molecule has 0 fully saturated rings. The molecule has 1 unspecified atom stereocenters. The van der Waals surface area contributed by atoms with Gasteiger partial charge >= 0.3 is 5.97 Å². The SMILES string of the molecule is COc1ccc([C@H]2C3=C(C[C@H](c4ccccc4)CC3=O)N=C(C)C2C(=O)OC(C)C)c(OC)c1. The van der Waals surface area contributed by atoms with Gasteiger partial charge in [0.1, 0.15) is 17.4 Å². The molecule has 6 heteroatoms. The Hall–Kier alpha value is -3.41. The van der Waals surface area contributed by atoms with E-state index < -0.39 is 11.8 Å². The van der Waals surface area contributed by atoms with Gasteiger partial charge < -0.3 is 14.2 Å². The van der Waals surface area contributed by atoms with Crippen LogP contribution >= 0.6 is 0 Å². The second-order valence-corrected chi connectivity index (χ2v) is 9.10. The van der Waals surface area contributed by atoms with Gasteiger partial charge in [0.05, 0.1) is 20.3 Å². The number of Topliss-reactive ketones (excluding diaryl/α,β-unsaturated/α-hetero) is 1. The number of benzene rings is 2. The minimum Gasteiger partial charge on any atom is -0.497 e. The zero-order chi connectivity index (χ0) is 24.4. The minimum absolute atomic E-state index is 0.0107. The average molecular weight is 462 g/mol. The number of carbonyl (C=O) groups is 2. The number of ether oxygens (including phenoxy) is 3. The fourth-order valence-corrected chi connectivity index (χ4v) is 5.04. The van der Waals surface area contributed by atoms with Crippen LogP contribution in [0.15, 0.2) is 64.8 Å². The predicted octanol–water partition coefficient (Wildman–Crippen LogP) is 5.23. The lowest BCUT2D eigenvalue weighted by Gasteiger charge is -2.37. The molecule has 34 heavy (non-hydrogen) atoms. The van der Waals surface area contributed by atoms with Gasteiger partial charge in [-0.3, -0.25) is 14.6 Å². The Kier molecular flexibility index (Phi) is 6.87. The quantitative estimate of drug-likeness (QED) is 0.551. The van der Waals surface area contributed by atoms with Crippen LogP contribution < -0.4 is 9.47 Å². The van der Waals surface area contributed by atoms with Crippen molar-refractivity contribution in [2.45, 2.75) is 51.6 Å². The Morgan fingerprint density at radius 2 is 1.76 bits per heavy atom. The largest absolute Gasteiger partial charge is 0.497 e. The van der Waals surface area contributed by atoms with Crippen LogP contribution in [0.2, 0.25) is 0 Å².